The van der Waals surface area contributed by atoms with E-state index >= 15 is 0 Å². The van der Waals surface area contributed by atoms with Crippen molar-refractivity contribution in [1.29, 1.82) is 5.26 Å². The highest BCUT2D eigenvalue weighted by Gasteiger charge is 2.47. The Morgan fingerprint density at radius 3 is 2.61 bits per heavy atom. The number of nitrogens with one attached hydrogen (secondary N) is 1. The third-order valence-electron chi connectivity index (χ3n) is 3.39. The second kappa shape index (κ2) is 4.18. The van der Waals surface area contributed by atoms with E-state index in [4.69, 9.17) is 5.26 Å². The zero-order chi connectivity index (χ0) is 12.6. The number of hydrogen-bond acceptors (Lipinski definition) is 3. The summed E-state index contributed by atoms with van der Waals surface area (Å²) in [6, 6.07) is 10.7. The van der Waals surface area contributed by atoms with E-state index in [-0.39, 0.29) is 5.41 Å². The minimum absolute atomic E-state index is 0.336. The number of aromatic amines is 1. The van der Waals surface area contributed by atoms with Crippen LogP contribution in [0.3, 0.4) is 0 Å². The Labute approximate surface area is 110 Å². The van der Waals surface area contributed by atoms with Crippen molar-refractivity contribution in [3.05, 3.63) is 36.3 Å². The van der Waals surface area contributed by atoms with Crippen LogP contribution in [0.2, 0.25) is 0 Å². The summed E-state index contributed by atoms with van der Waals surface area (Å²) in [7, 11) is 0. The number of hydrogen-bond donors (Lipinski definition) is 1. The Balaban J connectivity index is 1.91. The highest BCUT2D eigenvalue weighted by molar-refractivity contribution is 7.98. The normalized spacial score (nSPS) is 16.2. The van der Waals surface area contributed by atoms with Crippen LogP contribution in [0.1, 0.15) is 18.7 Å². The number of imidazole rings is 1. The topological polar surface area (TPSA) is 52.5 Å². The third-order valence-corrected chi connectivity index (χ3v) is 4.14. The summed E-state index contributed by atoms with van der Waals surface area (Å²) in [4.78, 5) is 8.88. The van der Waals surface area contributed by atoms with Gasteiger partial charge in [0.2, 0.25) is 0 Å². The van der Waals surface area contributed by atoms with E-state index < -0.39 is 0 Å². The van der Waals surface area contributed by atoms with Gasteiger partial charge in [-0.05, 0) is 36.8 Å². The molecule has 1 fully saturated rings. The first-order chi connectivity index (χ1) is 8.77. The van der Waals surface area contributed by atoms with E-state index in [1.807, 2.05) is 6.20 Å². The molecule has 3 rings (SSSR count). The van der Waals surface area contributed by atoms with Crippen LogP contribution in [0.4, 0.5) is 0 Å². The summed E-state index contributed by atoms with van der Waals surface area (Å²) in [6.45, 7) is 0. The number of nitriles is 1. The number of nitrogens with zero attached hydrogens (tertiary/aromatic N) is 2. The zero-order valence-electron chi connectivity index (χ0n) is 10.1. The van der Waals surface area contributed by atoms with Gasteiger partial charge in [0.05, 0.1) is 18.0 Å². The van der Waals surface area contributed by atoms with E-state index in [2.05, 4.69) is 46.6 Å². The summed E-state index contributed by atoms with van der Waals surface area (Å²) < 4.78 is 0. The van der Waals surface area contributed by atoms with Gasteiger partial charge < -0.3 is 4.98 Å². The molecule has 1 N–H and O–H groups in total. The molecular weight excluding hydrogens is 242 g/mol. The first-order valence-corrected chi connectivity index (χ1v) is 7.11. The van der Waals surface area contributed by atoms with Crippen LogP contribution in [-0.2, 0) is 5.41 Å². The highest BCUT2D eigenvalue weighted by Crippen LogP contribution is 2.46. The summed E-state index contributed by atoms with van der Waals surface area (Å²) >= 11 is 1.73. The molecule has 0 radical (unpaired) electrons. The van der Waals surface area contributed by atoms with Crippen LogP contribution >= 0.6 is 11.8 Å². The number of thioether (sulfide) groups is 1. The molecule has 1 aliphatic rings. The Hall–Kier alpha value is -1.73. The van der Waals surface area contributed by atoms with E-state index in [1.165, 1.54) is 4.90 Å². The molecular formula is C14H13N3S. The minimum Gasteiger partial charge on any atom is -0.341 e. The molecule has 0 amide bonds. The molecule has 18 heavy (non-hydrogen) atoms. The molecule has 0 saturated heterocycles. The Bertz CT molecular complexity index is 603. The lowest BCUT2D eigenvalue weighted by molar-refractivity contribution is 0.822. The number of H-pyrrole nitrogens is 1. The number of aromatic nitrogens is 2. The maximum absolute atomic E-state index is 9.15. The van der Waals surface area contributed by atoms with Crippen molar-refractivity contribution in [1.82, 2.24) is 9.97 Å². The molecule has 0 bridgehead atoms. The summed E-state index contributed by atoms with van der Waals surface area (Å²) in [5.74, 6) is 0.814. The van der Waals surface area contributed by atoms with Crippen molar-refractivity contribution >= 4 is 11.8 Å². The first-order valence-electron chi connectivity index (χ1n) is 5.88. The summed E-state index contributed by atoms with van der Waals surface area (Å²) in [5.41, 5.74) is 1.76. The average Bonchev–Trinajstić information content (AvgIpc) is 3.08. The second-order valence-electron chi connectivity index (χ2n) is 4.57. The lowest BCUT2D eigenvalue weighted by atomic mass is 10.1. The maximum Gasteiger partial charge on any atom is 0.127 e. The Kier molecular flexibility index (Phi) is 2.64. The van der Waals surface area contributed by atoms with Gasteiger partial charge in [0.25, 0.3) is 0 Å². The first kappa shape index (κ1) is 11.4. The van der Waals surface area contributed by atoms with Crippen LogP contribution in [0.25, 0.3) is 11.3 Å². The van der Waals surface area contributed by atoms with Crippen LogP contribution < -0.4 is 0 Å². The summed E-state index contributed by atoms with van der Waals surface area (Å²) in [6.07, 6.45) is 5.72. The molecule has 1 aliphatic carbocycles. The molecule has 0 spiro atoms. The molecule has 4 heteroatoms. The van der Waals surface area contributed by atoms with Gasteiger partial charge in [-0.25, -0.2) is 4.98 Å². The number of benzene rings is 1. The van der Waals surface area contributed by atoms with Crippen molar-refractivity contribution < 1.29 is 0 Å². The molecule has 90 valence electrons. The van der Waals surface area contributed by atoms with Gasteiger partial charge in [-0.2, -0.15) is 5.26 Å². The van der Waals surface area contributed by atoms with E-state index in [9.17, 15) is 0 Å². The van der Waals surface area contributed by atoms with Gasteiger partial charge in [0, 0.05) is 4.90 Å². The third kappa shape index (κ3) is 1.81. The fourth-order valence-corrected chi connectivity index (χ4v) is 2.42. The molecule has 1 heterocycles. The van der Waals surface area contributed by atoms with Gasteiger partial charge in [-0.15, -0.1) is 11.8 Å². The van der Waals surface area contributed by atoms with Gasteiger partial charge in [0.1, 0.15) is 11.2 Å². The molecule has 2 aromatic rings. The molecule has 3 nitrogen and oxygen atoms in total. The lowest BCUT2D eigenvalue weighted by Gasteiger charge is -2.01. The fraction of sp³-hybridized carbons (Fsp3) is 0.286. The van der Waals surface area contributed by atoms with Gasteiger partial charge >= 0.3 is 0 Å². The monoisotopic (exact) mass is 255 g/mol. The maximum atomic E-state index is 9.15. The zero-order valence-corrected chi connectivity index (χ0v) is 10.9. The molecule has 1 saturated carbocycles. The Morgan fingerprint density at radius 1 is 1.33 bits per heavy atom. The SMILES string of the molecule is CSc1ccc(-c2cnc(C3(C#N)CC3)[nH]2)cc1. The van der Waals surface area contributed by atoms with Crippen molar-refractivity contribution in [3.8, 4) is 17.3 Å². The molecule has 1 aromatic heterocycles. The van der Waals surface area contributed by atoms with Gasteiger partial charge in [0.15, 0.2) is 0 Å². The smallest absolute Gasteiger partial charge is 0.127 e. The second-order valence-corrected chi connectivity index (χ2v) is 5.45. The highest BCUT2D eigenvalue weighted by atomic mass is 32.2. The molecule has 0 unspecified atom stereocenters. The molecule has 0 atom stereocenters. The minimum atomic E-state index is -0.336. The van der Waals surface area contributed by atoms with Crippen molar-refractivity contribution in [2.75, 3.05) is 6.26 Å². The molecule has 1 aromatic carbocycles. The largest absolute Gasteiger partial charge is 0.341 e. The van der Waals surface area contributed by atoms with Crippen molar-refractivity contribution in [2.45, 2.75) is 23.2 Å². The quantitative estimate of drug-likeness (QED) is 0.856. The standard InChI is InChI=1S/C14H13N3S/c1-18-11-4-2-10(3-5-11)12-8-16-13(17-12)14(9-15)6-7-14/h2-5,8H,6-7H2,1H3,(H,16,17). The lowest BCUT2D eigenvalue weighted by Crippen LogP contribution is -2.04. The van der Waals surface area contributed by atoms with Crippen molar-refractivity contribution in [2.24, 2.45) is 0 Å². The van der Waals surface area contributed by atoms with Gasteiger partial charge in [-0.1, -0.05) is 12.1 Å². The number of rotatable bonds is 3. The predicted octanol–water partition coefficient (Wildman–Crippen LogP) is 3.35. The molecule has 0 aliphatic heterocycles. The fourth-order valence-electron chi connectivity index (χ4n) is 2.01. The van der Waals surface area contributed by atoms with Crippen LogP contribution in [0, 0.1) is 11.3 Å². The van der Waals surface area contributed by atoms with Gasteiger partial charge in [-0.3, -0.25) is 0 Å². The van der Waals surface area contributed by atoms with E-state index in [0.29, 0.717) is 0 Å². The summed E-state index contributed by atoms with van der Waals surface area (Å²) in [5, 5.41) is 9.15. The predicted molar refractivity (Wildman–Crippen MR) is 72.3 cm³/mol. The van der Waals surface area contributed by atoms with E-state index in [0.717, 1.165) is 29.9 Å². The van der Waals surface area contributed by atoms with Crippen molar-refractivity contribution in [3.63, 3.8) is 0 Å². The van der Waals surface area contributed by atoms with E-state index in [1.54, 1.807) is 11.8 Å². The average molecular weight is 255 g/mol. The van der Waals surface area contributed by atoms with Crippen LogP contribution in [0.5, 0.6) is 0 Å². The Morgan fingerprint density at radius 2 is 2.06 bits per heavy atom. The van der Waals surface area contributed by atoms with Crippen LogP contribution in [-0.4, -0.2) is 16.2 Å². The van der Waals surface area contributed by atoms with Crippen LogP contribution in [0.15, 0.2) is 35.4 Å².